The van der Waals surface area contributed by atoms with Crippen molar-refractivity contribution < 1.29 is 5.11 Å². The van der Waals surface area contributed by atoms with Crippen LogP contribution >= 0.6 is 11.8 Å². The standard InChI is InChI=1S/C13H19N3OS/c1-2-18-11-5-3-4-10(12(11)13(14)15)16-7-6-9(17)8-16/h3-5,9,17H,2,6-8H2,1H3,(H3,14,15). The number of hydrogen-bond donors (Lipinski definition) is 3. The summed E-state index contributed by atoms with van der Waals surface area (Å²) in [6.45, 7) is 3.53. The third-order valence-corrected chi connectivity index (χ3v) is 4.02. The van der Waals surface area contributed by atoms with Gasteiger partial charge >= 0.3 is 0 Å². The van der Waals surface area contributed by atoms with Gasteiger partial charge in [0.2, 0.25) is 0 Å². The number of β-amino-alcohol motifs (C(OH)–C–C–N with tert-alkyl or cyclic N) is 1. The van der Waals surface area contributed by atoms with Crippen LogP contribution in [0.2, 0.25) is 0 Å². The first-order chi connectivity index (χ1) is 8.63. The topological polar surface area (TPSA) is 73.3 Å². The van der Waals surface area contributed by atoms with Crippen molar-refractivity contribution in [1.29, 1.82) is 5.41 Å². The Morgan fingerprint density at radius 2 is 2.39 bits per heavy atom. The van der Waals surface area contributed by atoms with Crippen LogP contribution in [0.15, 0.2) is 23.1 Å². The van der Waals surface area contributed by atoms with Crippen molar-refractivity contribution in [3.63, 3.8) is 0 Å². The van der Waals surface area contributed by atoms with Gasteiger partial charge in [-0.2, -0.15) is 0 Å². The number of aliphatic hydroxyl groups excluding tert-OH is 1. The zero-order valence-electron chi connectivity index (χ0n) is 10.5. The summed E-state index contributed by atoms with van der Waals surface area (Å²) in [5.41, 5.74) is 7.50. The van der Waals surface area contributed by atoms with Gasteiger partial charge in [0.1, 0.15) is 5.84 Å². The summed E-state index contributed by atoms with van der Waals surface area (Å²) in [4.78, 5) is 3.16. The number of amidine groups is 1. The van der Waals surface area contributed by atoms with Gasteiger partial charge < -0.3 is 15.7 Å². The first kappa shape index (κ1) is 13.2. The summed E-state index contributed by atoms with van der Waals surface area (Å²) >= 11 is 1.69. The highest BCUT2D eigenvalue weighted by Crippen LogP contribution is 2.32. The summed E-state index contributed by atoms with van der Waals surface area (Å²) < 4.78 is 0. The average molecular weight is 265 g/mol. The lowest BCUT2D eigenvalue weighted by molar-refractivity contribution is 0.198. The summed E-state index contributed by atoms with van der Waals surface area (Å²) in [5, 5.41) is 17.4. The molecule has 0 radical (unpaired) electrons. The van der Waals surface area contributed by atoms with Crippen molar-refractivity contribution in [2.75, 3.05) is 23.7 Å². The van der Waals surface area contributed by atoms with E-state index >= 15 is 0 Å². The fourth-order valence-corrected chi connectivity index (χ4v) is 3.13. The molecule has 98 valence electrons. The number of aliphatic hydroxyl groups is 1. The average Bonchev–Trinajstić information content (AvgIpc) is 2.75. The zero-order valence-corrected chi connectivity index (χ0v) is 11.3. The molecule has 5 heteroatoms. The molecular formula is C13H19N3OS. The minimum Gasteiger partial charge on any atom is -0.391 e. The van der Waals surface area contributed by atoms with E-state index in [-0.39, 0.29) is 11.9 Å². The predicted octanol–water partition coefficient (Wildman–Crippen LogP) is 1.65. The summed E-state index contributed by atoms with van der Waals surface area (Å²) in [5.74, 6) is 1.05. The molecule has 1 aromatic rings. The van der Waals surface area contributed by atoms with Gasteiger partial charge in [-0.15, -0.1) is 11.8 Å². The molecule has 0 spiro atoms. The van der Waals surface area contributed by atoms with Crippen molar-refractivity contribution in [3.05, 3.63) is 23.8 Å². The Morgan fingerprint density at radius 3 is 2.94 bits per heavy atom. The van der Waals surface area contributed by atoms with Crippen LogP contribution in [0.25, 0.3) is 0 Å². The van der Waals surface area contributed by atoms with Crippen molar-refractivity contribution in [3.8, 4) is 0 Å². The fraction of sp³-hybridized carbons (Fsp3) is 0.462. The highest BCUT2D eigenvalue weighted by atomic mass is 32.2. The zero-order chi connectivity index (χ0) is 13.1. The monoisotopic (exact) mass is 265 g/mol. The molecule has 1 atom stereocenters. The molecule has 4 N–H and O–H groups in total. The lowest BCUT2D eigenvalue weighted by Gasteiger charge is -2.22. The molecule has 1 heterocycles. The van der Waals surface area contributed by atoms with Crippen LogP contribution in [0.3, 0.4) is 0 Å². The van der Waals surface area contributed by atoms with Gasteiger partial charge in [0, 0.05) is 23.7 Å². The summed E-state index contributed by atoms with van der Waals surface area (Å²) in [7, 11) is 0. The van der Waals surface area contributed by atoms with E-state index in [2.05, 4.69) is 11.8 Å². The molecule has 1 fully saturated rings. The van der Waals surface area contributed by atoms with Crippen LogP contribution in [-0.2, 0) is 0 Å². The van der Waals surface area contributed by atoms with Gasteiger partial charge in [-0.3, -0.25) is 5.41 Å². The van der Waals surface area contributed by atoms with E-state index in [1.54, 1.807) is 11.8 Å². The lowest BCUT2D eigenvalue weighted by Crippen LogP contribution is -2.25. The first-order valence-corrected chi connectivity index (χ1v) is 7.15. The van der Waals surface area contributed by atoms with Crippen molar-refractivity contribution >= 4 is 23.3 Å². The second kappa shape index (κ2) is 5.63. The van der Waals surface area contributed by atoms with Gasteiger partial charge in [-0.1, -0.05) is 13.0 Å². The Kier molecular flexibility index (Phi) is 4.14. The fourth-order valence-electron chi connectivity index (χ4n) is 2.29. The van der Waals surface area contributed by atoms with Crippen LogP contribution in [0.5, 0.6) is 0 Å². The van der Waals surface area contributed by atoms with Crippen LogP contribution in [-0.4, -0.2) is 35.9 Å². The molecule has 0 amide bonds. The summed E-state index contributed by atoms with van der Waals surface area (Å²) in [6, 6.07) is 5.97. The number of nitrogens with one attached hydrogen (secondary N) is 1. The van der Waals surface area contributed by atoms with E-state index in [1.807, 2.05) is 18.2 Å². The van der Waals surface area contributed by atoms with Crippen LogP contribution in [0.1, 0.15) is 18.9 Å². The Labute approximate surface area is 112 Å². The van der Waals surface area contributed by atoms with Crippen LogP contribution in [0.4, 0.5) is 5.69 Å². The predicted molar refractivity (Wildman–Crippen MR) is 76.7 cm³/mol. The SMILES string of the molecule is CCSc1cccc(N2CCC(O)C2)c1C(=N)N. The highest BCUT2D eigenvalue weighted by molar-refractivity contribution is 7.99. The van der Waals surface area contributed by atoms with Gasteiger partial charge in [-0.25, -0.2) is 0 Å². The Hall–Kier alpha value is -1.20. The third-order valence-electron chi connectivity index (χ3n) is 3.08. The summed E-state index contributed by atoms with van der Waals surface area (Å²) in [6.07, 6.45) is 0.509. The number of anilines is 1. The highest BCUT2D eigenvalue weighted by Gasteiger charge is 2.24. The number of thioether (sulfide) groups is 1. The molecule has 1 unspecified atom stereocenters. The maximum atomic E-state index is 9.63. The van der Waals surface area contributed by atoms with E-state index in [9.17, 15) is 5.11 Å². The molecule has 2 rings (SSSR count). The largest absolute Gasteiger partial charge is 0.391 e. The Balaban J connectivity index is 2.39. The van der Waals surface area contributed by atoms with Gasteiger partial charge in [-0.05, 0) is 24.3 Å². The normalized spacial score (nSPS) is 19.2. The van der Waals surface area contributed by atoms with Crippen LogP contribution < -0.4 is 10.6 Å². The number of hydrogen-bond acceptors (Lipinski definition) is 4. The quantitative estimate of drug-likeness (QED) is 0.440. The van der Waals surface area contributed by atoms with Crippen molar-refractivity contribution in [2.24, 2.45) is 5.73 Å². The van der Waals surface area contributed by atoms with E-state index in [4.69, 9.17) is 11.1 Å². The van der Waals surface area contributed by atoms with Gasteiger partial charge in [0.05, 0.1) is 11.7 Å². The van der Waals surface area contributed by atoms with Crippen molar-refractivity contribution in [1.82, 2.24) is 0 Å². The van der Waals surface area contributed by atoms with E-state index in [1.165, 1.54) is 0 Å². The molecule has 1 aliphatic rings. The second-order valence-corrected chi connectivity index (χ2v) is 5.69. The molecule has 4 nitrogen and oxygen atoms in total. The molecule has 1 aromatic carbocycles. The van der Waals surface area contributed by atoms with Gasteiger partial charge in [0.15, 0.2) is 0 Å². The molecule has 1 saturated heterocycles. The number of nitrogens with zero attached hydrogens (tertiary/aromatic N) is 1. The third kappa shape index (κ3) is 2.62. The van der Waals surface area contributed by atoms with Crippen LogP contribution in [0, 0.1) is 5.41 Å². The van der Waals surface area contributed by atoms with E-state index in [0.29, 0.717) is 6.54 Å². The molecule has 0 aliphatic carbocycles. The van der Waals surface area contributed by atoms with Crippen molar-refractivity contribution in [2.45, 2.75) is 24.3 Å². The van der Waals surface area contributed by atoms with Gasteiger partial charge in [0.25, 0.3) is 0 Å². The first-order valence-electron chi connectivity index (χ1n) is 6.16. The Morgan fingerprint density at radius 1 is 1.61 bits per heavy atom. The molecule has 0 saturated carbocycles. The number of rotatable bonds is 4. The molecular weight excluding hydrogens is 246 g/mol. The number of nitrogen functional groups attached to an aromatic ring is 1. The minimum atomic E-state index is -0.271. The molecule has 1 aliphatic heterocycles. The Bertz CT molecular complexity index is 450. The molecule has 0 bridgehead atoms. The van der Waals surface area contributed by atoms with E-state index in [0.717, 1.165) is 34.9 Å². The smallest absolute Gasteiger partial charge is 0.126 e. The maximum absolute atomic E-state index is 9.63. The number of benzene rings is 1. The lowest BCUT2D eigenvalue weighted by atomic mass is 10.1. The maximum Gasteiger partial charge on any atom is 0.126 e. The minimum absolute atomic E-state index is 0.0999. The van der Waals surface area contributed by atoms with E-state index < -0.39 is 0 Å². The molecule has 18 heavy (non-hydrogen) atoms. The number of nitrogens with two attached hydrogens (primary N) is 1. The second-order valence-electron chi connectivity index (χ2n) is 4.39. The molecule has 0 aromatic heterocycles.